The van der Waals surface area contributed by atoms with Crippen LogP contribution in [0.5, 0.6) is 0 Å². The molecule has 0 aliphatic carbocycles. The van der Waals surface area contributed by atoms with Gasteiger partial charge in [0.15, 0.2) is 0 Å². The number of hydrogen-bond donors (Lipinski definition) is 2. The monoisotopic (exact) mass is 474 g/mol. The molecule has 1 aromatic heterocycles. The molecule has 0 bridgehead atoms. The highest BCUT2D eigenvalue weighted by Crippen LogP contribution is 2.19. The first-order valence-corrected chi connectivity index (χ1v) is 12.3. The van der Waals surface area contributed by atoms with Gasteiger partial charge in [-0.3, -0.25) is 0 Å². The zero-order valence-electron chi connectivity index (χ0n) is 19.6. The van der Waals surface area contributed by atoms with Gasteiger partial charge >= 0.3 is 12.0 Å². The average Bonchev–Trinajstić information content (AvgIpc) is 3.30. The Bertz CT molecular complexity index is 884. The molecule has 1 fully saturated rings. The first-order valence-electron chi connectivity index (χ1n) is 11.4. The van der Waals surface area contributed by atoms with Crippen molar-refractivity contribution in [1.29, 1.82) is 0 Å². The van der Waals surface area contributed by atoms with Gasteiger partial charge in [0.2, 0.25) is 0 Å². The lowest BCUT2D eigenvalue weighted by Crippen LogP contribution is -2.53. The van der Waals surface area contributed by atoms with Crippen LogP contribution in [-0.2, 0) is 27.4 Å². The Balaban J connectivity index is 1.58. The Morgan fingerprint density at radius 2 is 1.97 bits per heavy atom. The number of carbonyl (C=O) groups excluding carboxylic acids is 2. The number of nitrogens with zero attached hydrogens (tertiary/aromatic N) is 2. The molecular formula is C24H34N4O4S. The predicted molar refractivity (Wildman–Crippen MR) is 128 cm³/mol. The Morgan fingerprint density at radius 3 is 2.64 bits per heavy atom. The predicted octanol–water partition coefficient (Wildman–Crippen LogP) is 3.29. The van der Waals surface area contributed by atoms with E-state index < -0.39 is 12.0 Å². The molecule has 1 unspecified atom stereocenters. The molecule has 33 heavy (non-hydrogen) atoms. The van der Waals surface area contributed by atoms with Crippen LogP contribution in [-0.4, -0.2) is 60.8 Å². The molecule has 1 saturated heterocycles. The third kappa shape index (κ3) is 8.10. The number of nitrogens with one attached hydrogen (secondary N) is 2. The van der Waals surface area contributed by atoms with Crippen molar-refractivity contribution in [3.05, 3.63) is 52.0 Å². The molecule has 180 valence electrons. The van der Waals surface area contributed by atoms with Crippen LogP contribution in [0.2, 0.25) is 0 Å². The summed E-state index contributed by atoms with van der Waals surface area (Å²) in [5.74, 6) is -0.112. The number of thiazole rings is 1. The third-order valence-corrected chi connectivity index (χ3v) is 6.64. The van der Waals surface area contributed by atoms with Gasteiger partial charge in [-0.1, -0.05) is 44.2 Å². The number of amides is 2. The Hall–Kier alpha value is -2.49. The summed E-state index contributed by atoms with van der Waals surface area (Å²) in [4.78, 5) is 31.8. The molecular weight excluding hydrogens is 440 g/mol. The van der Waals surface area contributed by atoms with Crippen molar-refractivity contribution >= 4 is 23.3 Å². The second kappa shape index (κ2) is 12.7. The third-order valence-electron chi connectivity index (χ3n) is 5.45. The molecule has 1 atom stereocenters. The number of aromatic nitrogens is 1. The average molecular weight is 475 g/mol. The first kappa shape index (κ1) is 25.1. The van der Waals surface area contributed by atoms with E-state index in [1.807, 2.05) is 35.7 Å². The number of benzene rings is 1. The molecule has 2 N–H and O–H groups in total. The minimum atomic E-state index is -0.798. The molecule has 2 aromatic rings. The van der Waals surface area contributed by atoms with Crippen molar-refractivity contribution in [3.63, 3.8) is 0 Å². The van der Waals surface area contributed by atoms with Crippen LogP contribution < -0.4 is 10.6 Å². The summed E-state index contributed by atoms with van der Waals surface area (Å²) in [5.41, 5.74) is 1.74. The number of urea groups is 1. The Labute approximate surface area is 199 Å². The Morgan fingerprint density at radius 1 is 1.24 bits per heavy atom. The minimum Gasteiger partial charge on any atom is -0.459 e. The lowest BCUT2D eigenvalue weighted by atomic mass is 10.1. The van der Waals surface area contributed by atoms with Crippen molar-refractivity contribution < 1.29 is 19.1 Å². The summed E-state index contributed by atoms with van der Waals surface area (Å²) in [6.45, 7) is 6.41. The molecule has 0 saturated carbocycles. The van der Waals surface area contributed by atoms with Crippen molar-refractivity contribution in [2.24, 2.45) is 0 Å². The van der Waals surface area contributed by atoms with Crippen LogP contribution in [0.25, 0.3) is 0 Å². The van der Waals surface area contributed by atoms with Crippen LogP contribution in [0.1, 0.15) is 48.9 Å². The number of rotatable bonds is 10. The van der Waals surface area contributed by atoms with E-state index in [-0.39, 0.29) is 18.7 Å². The fraction of sp³-hybridized carbons (Fsp3) is 0.542. The molecule has 0 radical (unpaired) electrons. The molecule has 9 heteroatoms. The maximum Gasteiger partial charge on any atom is 0.330 e. The van der Waals surface area contributed by atoms with E-state index in [1.165, 1.54) is 4.90 Å². The molecule has 2 heterocycles. The second-order valence-electron chi connectivity index (χ2n) is 8.58. The van der Waals surface area contributed by atoms with E-state index in [0.717, 1.165) is 29.1 Å². The van der Waals surface area contributed by atoms with E-state index in [4.69, 9.17) is 9.47 Å². The highest BCUT2D eigenvalue weighted by atomic mass is 32.1. The van der Waals surface area contributed by atoms with E-state index in [0.29, 0.717) is 32.2 Å². The zero-order chi connectivity index (χ0) is 23.6. The van der Waals surface area contributed by atoms with E-state index in [9.17, 15) is 9.59 Å². The smallest absolute Gasteiger partial charge is 0.330 e. The summed E-state index contributed by atoms with van der Waals surface area (Å²) >= 11 is 1.59. The van der Waals surface area contributed by atoms with Gasteiger partial charge in [0, 0.05) is 44.1 Å². The fourth-order valence-corrected chi connectivity index (χ4v) is 4.27. The topological polar surface area (TPSA) is 92.8 Å². The first-order chi connectivity index (χ1) is 15.9. The Kier molecular flexibility index (Phi) is 9.65. The van der Waals surface area contributed by atoms with Crippen molar-refractivity contribution in [3.8, 4) is 0 Å². The molecule has 1 aromatic carbocycles. The summed E-state index contributed by atoms with van der Waals surface area (Å²) < 4.78 is 10.9. The van der Waals surface area contributed by atoms with E-state index in [1.54, 1.807) is 18.4 Å². The maximum atomic E-state index is 12.9. The van der Waals surface area contributed by atoms with E-state index >= 15 is 0 Å². The fourth-order valence-electron chi connectivity index (χ4n) is 3.44. The molecule has 0 spiro atoms. The highest BCUT2D eigenvalue weighted by Gasteiger charge is 2.26. The lowest BCUT2D eigenvalue weighted by molar-refractivity contribution is -0.147. The number of esters is 1. The number of carbonyl (C=O) groups is 2. The van der Waals surface area contributed by atoms with Gasteiger partial charge in [0.1, 0.15) is 12.6 Å². The van der Waals surface area contributed by atoms with E-state index in [2.05, 4.69) is 29.5 Å². The molecule has 2 amide bonds. The lowest BCUT2D eigenvalue weighted by Gasteiger charge is -2.27. The van der Waals surface area contributed by atoms with Gasteiger partial charge in [-0.15, -0.1) is 11.3 Å². The molecule has 1 aliphatic rings. The molecule has 3 rings (SSSR count). The van der Waals surface area contributed by atoms with Crippen LogP contribution in [0, 0.1) is 0 Å². The molecule has 1 aliphatic heterocycles. The van der Waals surface area contributed by atoms with Crippen molar-refractivity contribution in [1.82, 2.24) is 20.5 Å². The van der Waals surface area contributed by atoms with Gasteiger partial charge < -0.3 is 25.0 Å². The van der Waals surface area contributed by atoms with Gasteiger partial charge in [-0.25, -0.2) is 14.6 Å². The summed E-state index contributed by atoms with van der Waals surface area (Å²) in [5, 5.41) is 9.24. The van der Waals surface area contributed by atoms with Gasteiger partial charge in [-0.2, -0.15) is 0 Å². The normalized spacial score (nSPS) is 15.3. The van der Waals surface area contributed by atoms with Crippen LogP contribution in [0.3, 0.4) is 0 Å². The summed E-state index contributed by atoms with van der Waals surface area (Å²) in [7, 11) is 1.70. The zero-order valence-corrected chi connectivity index (χ0v) is 20.4. The van der Waals surface area contributed by atoms with Crippen LogP contribution in [0.4, 0.5) is 4.79 Å². The maximum absolute atomic E-state index is 12.9. The van der Waals surface area contributed by atoms with Gasteiger partial charge in [-0.05, 0) is 18.4 Å². The highest BCUT2D eigenvalue weighted by molar-refractivity contribution is 7.09. The number of hydrogen-bond acceptors (Lipinski definition) is 7. The molecule has 8 nitrogen and oxygen atoms in total. The minimum absolute atomic E-state index is 0.163. The summed E-state index contributed by atoms with van der Waals surface area (Å²) in [6.07, 6.45) is 1.75. The van der Waals surface area contributed by atoms with Crippen molar-refractivity contribution in [2.45, 2.75) is 57.8 Å². The second-order valence-corrected chi connectivity index (χ2v) is 9.47. The van der Waals surface area contributed by atoms with Gasteiger partial charge in [0.05, 0.1) is 17.2 Å². The number of ether oxygens (including phenoxy) is 2. The van der Waals surface area contributed by atoms with Gasteiger partial charge in [0.25, 0.3) is 0 Å². The quantitative estimate of drug-likeness (QED) is 0.514. The van der Waals surface area contributed by atoms with Crippen LogP contribution in [0.15, 0.2) is 35.7 Å². The SMILES string of the molecule is CC(C)c1nc(CN(C)C(=O)NC(CNC2CCOCC2)C(=O)OCc2ccccc2)cs1. The van der Waals surface area contributed by atoms with Crippen LogP contribution >= 0.6 is 11.3 Å². The largest absolute Gasteiger partial charge is 0.459 e. The van der Waals surface area contributed by atoms with Crippen molar-refractivity contribution in [2.75, 3.05) is 26.8 Å². The standard InChI is InChI=1S/C24H34N4O4S/c1-17(2)22-26-20(16-33-22)14-28(3)24(30)27-21(13-25-19-9-11-31-12-10-19)23(29)32-15-18-7-5-4-6-8-18/h4-8,16-17,19,21,25H,9-15H2,1-3H3,(H,27,30). The summed E-state index contributed by atoms with van der Waals surface area (Å²) in [6, 6.07) is 8.61.